The highest BCUT2D eigenvalue weighted by Gasteiger charge is 2.23. The van der Waals surface area contributed by atoms with E-state index in [1.165, 1.54) is 16.7 Å². The van der Waals surface area contributed by atoms with E-state index in [2.05, 4.69) is 67.7 Å². The van der Waals surface area contributed by atoms with Crippen molar-refractivity contribution in [3.8, 4) is 17.2 Å². The van der Waals surface area contributed by atoms with Gasteiger partial charge in [-0.15, -0.1) is 0 Å². The number of methoxy groups -OCH3 is 3. The Morgan fingerprint density at radius 3 is 2.03 bits per heavy atom. The molecule has 0 saturated carbocycles. The standard InChI is InChI=1S/C28H33NO3/c1-28(2,29-16-15-22-17-25(31-4)19-26(18-22)32-5)27-20-24(30-3)14-13-23(27)12-11-21-9-7-6-8-10-21/h6-14,17-20,29H,15-16H2,1-5H3. The third-order valence-corrected chi connectivity index (χ3v) is 5.58. The molecule has 168 valence electrons. The molecule has 0 fully saturated rings. The summed E-state index contributed by atoms with van der Waals surface area (Å²) in [6.45, 7) is 5.21. The third kappa shape index (κ3) is 6.14. The molecule has 4 heteroatoms. The largest absolute Gasteiger partial charge is 0.497 e. The van der Waals surface area contributed by atoms with E-state index >= 15 is 0 Å². The molecule has 0 atom stereocenters. The first-order valence-electron chi connectivity index (χ1n) is 10.8. The first-order valence-corrected chi connectivity index (χ1v) is 10.8. The van der Waals surface area contributed by atoms with Gasteiger partial charge in [-0.2, -0.15) is 0 Å². The topological polar surface area (TPSA) is 39.7 Å². The first kappa shape index (κ1) is 23.4. The molecule has 0 spiro atoms. The summed E-state index contributed by atoms with van der Waals surface area (Å²) in [4.78, 5) is 0. The third-order valence-electron chi connectivity index (χ3n) is 5.58. The Kier molecular flexibility index (Phi) is 7.96. The molecule has 0 aromatic heterocycles. The van der Waals surface area contributed by atoms with E-state index in [1.54, 1.807) is 21.3 Å². The Hall–Kier alpha value is -3.24. The van der Waals surface area contributed by atoms with Crippen LogP contribution in [0, 0.1) is 0 Å². The van der Waals surface area contributed by atoms with E-state index in [0.717, 1.165) is 35.8 Å². The molecule has 3 rings (SSSR count). The van der Waals surface area contributed by atoms with Gasteiger partial charge in [0.05, 0.1) is 21.3 Å². The maximum atomic E-state index is 5.51. The summed E-state index contributed by atoms with van der Waals surface area (Å²) in [6, 6.07) is 22.6. The zero-order chi connectivity index (χ0) is 23.0. The number of hydrogen-bond donors (Lipinski definition) is 1. The Morgan fingerprint density at radius 2 is 1.41 bits per heavy atom. The number of rotatable bonds is 10. The van der Waals surface area contributed by atoms with Gasteiger partial charge in [0.1, 0.15) is 17.2 Å². The van der Waals surface area contributed by atoms with Crippen molar-refractivity contribution in [3.05, 3.63) is 89.0 Å². The van der Waals surface area contributed by atoms with Crippen molar-refractivity contribution in [1.29, 1.82) is 0 Å². The van der Waals surface area contributed by atoms with Crippen LogP contribution in [0.1, 0.15) is 36.1 Å². The van der Waals surface area contributed by atoms with Gasteiger partial charge < -0.3 is 19.5 Å². The molecule has 32 heavy (non-hydrogen) atoms. The van der Waals surface area contributed by atoms with E-state index < -0.39 is 0 Å². The SMILES string of the molecule is COc1cc(CCNC(C)(C)c2cc(OC)ccc2C=Cc2ccccc2)cc(OC)c1. The lowest BCUT2D eigenvalue weighted by Gasteiger charge is -2.29. The van der Waals surface area contributed by atoms with Crippen molar-refractivity contribution in [1.82, 2.24) is 5.32 Å². The van der Waals surface area contributed by atoms with E-state index in [4.69, 9.17) is 14.2 Å². The smallest absolute Gasteiger partial charge is 0.122 e. The molecular formula is C28H33NO3. The zero-order valence-corrected chi connectivity index (χ0v) is 19.6. The number of ether oxygens (including phenoxy) is 3. The monoisotopic (exact) mass is 431 g/mol. The van der Waals surface area contributed by atoms with Gasteiger partial charge in [0.2, 0.25) is 0 Å². The molecule has 0 aliphatic rings. The van der Waals surface area contributed by atoms with Gasteiger partial charge in [-0.1, -0.05) is 48.6 Å². The molecule has 3 aromatic rings. The summed E-state index contributed by atoms with van der Waals surface area (Å²) in [6.07, 6.45) is 5.17. The van der Waals surface area contributed by atoms with Gasteiger partial charge in [-0.25, -0.2) is 0 Å². The highest BCUT2D eigenvalue weighted by Crippen LogP contribution is 2.30. The van der Waals surface area contributed by atoms with Crippen LogP contribution >= 0.6 is 0 Å². The maximum absolute atomic E-state index is 5.51. The van der Waals surface area contributed by atoms with Crippen LogP contribution in [0.5, 0.6) is 17.2 Å². The Labute approximate surface area is 191 Å². The normalized spacial score (nSPS) is 11.5. The van der Waals surface area contributed by atoms with Crippen molar-refractivity contribution < 1.29 is 14.2 Å². The van der Waals surface area contributed by atoms with Crippen molar-refractivity contribution >= 4 is 12.2 Å². The molecule has 0 amide bonds. The predicted molar refractivity (Wildman–Crippen MR) is 133 cm³/mol. The molecule has 0 unspecified atom stereocenters. The van der Waals surface area contributed by atoms with Crippen molar-refractivity contribution in [3.63, 3.8) is 0 Å². The van der Waals surface area contributed by atoms with E-state index in [9.17, 15) is 0 Å². The van der Waals surface area contributed by atoms with Crippen molar-refractivity contribution in [2.45, 2.75) is 25.8 Å². The van der Waals surface area contributed by atoms with Gasteiger partial charge in [-0.3, -0.25) is 0 Å². The lowest BCUT2D eigenvalue weighted by Crippen LogP contribution is -2.38. The van der Waals surface area contributed by atoms with Crippen LogP contribution in [0.2, 0.25) is 0 Å². The Bertz CT molecular complexity index is 1020. The van der Waals surface area contributed by atoms with Crippen LogP contribution in [-0.4, -0.2) is 27.9 Å². The molecule has 0 bridgehead atoms. The van der Waals surface area contributed by atoms with Crippen molar-refractivity contribution in [2.24, 2.45) is 0 Å². The molecule has 0 aliphatic carbocycles. The van der Waals surface area contributed by atoms with Gasteiger partial charge in [0, 0.05) is 11.6 Å². The molecule has 0 heterocycles. The van der Waals surface area contributed by atoms with Crippen molar-refractivity contribution in [2.75, 3.05) is 27.9 Å². The summed E-state index contributed by atoms with van der Waals surface area (Å²) in [7, 11) is 5.05. The second-order valence-electron chi connectivity index (χ2n) is 8.22. The first-order chi connectivity index (χ1) is 15.4. The Morgan fingerprint density at radius 1 is 0.750 bits per heavy atom. The average molecular weight is 432 g/mol. The van der Waals surface area contributed by atoms with Crippen LogP contribution in [0.15, 0.2) is 66.7 Å². The molecule has 0 saturated heterocycles. The molecule has 0 aliphatic heterocycles. The second-order valence-corrected chi connectivity index (χ2v) is 8.22. The molecule has 3 aromatic carbocycles. The van der Waals surface area contributed by atoms with E-state index in [0.29, 0.717) is 0 Å². The van der Waals surface area contributed by atoms with Gasteiger partial charge in [0.25, 0.3) is 0 Å². The van der Waals surface area contributed by atoms with Crippen LogP contribution in [0.4, 0.5) is 0 Å². The zero-order valence-electron chi connectivity index (χ0n) is 19.6. The highest BCUT2D eigenvalue weighted by molar-refractivity contribution is 5.72. The second kappa shape index (κ2) is 10.9. The predicted octanol–water partition coefficient (Wildman–Crippen LogP) is 5.95. The molecule has 4 nitrogen and oxygen atoms in total. The number of nitrogens with one attached hydrogen (secondary N) is 1. The fourth-order valence-electron chi connectivity index (χ4n) is 3.72. The van der Waals surface area contributed by atoms with Gasteiger partial charge in [-0.05, 0) is 73.3 Å². The fraction of sp³-hybridized carbons (Fsp3) is 0.286. The lowest BCUT2D eigenvalue weighted by molar-refractivity contribution is 0.388. The Balaban J connectivity index is 1.78. The van der Waals surface area contributed by atoms with Crippen LogP contribution in [-0.2, 0) is 12.0 Å². The number of hydrogen-bond acceptors (Lipinski definition) is 4. The maximum Gasteiger partial charge on any atom is 0.122 e. The molecule has 0 radical (unpaired) electrons. The summed E-state index contributed by atoms with van der Waals surface area (Å²) < 4.78 is 16.3. The molecular weight excluding hydrogens is 398 g/mol. The van der Waals surface area contributed by atoms with Gasteiger partial charge in [0.15, 0.2) is 0 Å². The minimum absolute atomic E-state index is 0.256. The number of benzene rings is 3. The van der Waals surface area contributed by atoms with Gasteiger partial charge >= 0.3 is 0 Å². The van der Waals surface area contributed by atoms with Crippen LogP contribution < -0.4 is 19.5 Å². The molecule has 1 N–H and O–H groups in total. The van der Waals surface area contributed by atoms with Crippen LogP contribution in [0.25, 0.3) is 12.2 Å². The minimum Gasteiger partial charge on any atom is -0.497 e. The highest BCUT2D eigenvalue weighted by atomic mass is 16.5. The lowest BCUT2D eigenvalue weighted by atomic mass is 9.89. The minimum atomic E-state index is -0.256. The summed E-state index contributed by atoms with van der Waals surface area (Å²) >= 11 is 0. The fourth-order valence-corrected chi connectivity index (χ4v) is 3.72. The van der Waals surface area contributed by atoms with E-state index in [1.807, 2.05) is 30.3 Å². The summed E-state index contributed by atoms with van der Waals surface area (Å²) in [5.41, 5.74) is 4.43. The summed E-state index contributed by atoms with van der Waals surface area (Å²) in [5, 5.41) is 3.72. The summed E-state index contributed by atoms with van der Waals surface area (Å²) in [5.74, 6) is 2.46. The average Bonchev–Trinajstić information content (AvgIpc) is 2.82. The van der Waals surface area contributed by atoms with Crippen LogP contribution in [0.3, 0.4) is 0 Å². The van der Waals surface area contributed by atoms with E-state index in [-0.39, 0.29) is 5.54 Å². The quantitative estimate of drug-likeness (QED) is 0.403.